The van der Waals surface area contributed by atoms with E-state index in [-0.39, 0.29) is 18.1 Å². The van der Waals surface area contributed by atoms with Crippen molar-refractivity contribution in [3.05, 3.63) is 30.1 Å². The smallest absolute Gasteiger partial charge is 0.313 e. The Morgan fingerprint density at radius 1 is 1.55 bits per heavy atom. The van der Waals surface area contributed by atoms with Crippen LogP contribution in [0.1, 0.15) is 6.92 Å². The topological polar surface area (TPSA) is 92.7 Å². The molecule has 1 saturated heterocycles. The van der Waals surface area contributed by atoms with E-state index in [2.05, 4.69) is 4.72 Å². The zero-order valence-corrected chi connectivity index (χ0v) is 11.5. The van der Waals surface area contributed by atoms with Crippen molar-refractivity contribution in [3.8, 4) is 0 Å². The van der Waals surface area contributed by atoms with Gasteiger partial charge in [-0.1, -0.05) is 6.07 Å². The number of hydrogen-bond acceptors (Lipinski definition) is 4. The normalized spacial score (nSPS) is 26.6. The van der Waals surface area contributed by atoms with Gasteiger partial charge >= 0.3 is 5.97 Å². The van der Waals surface area contributed by atoms with Gasteiger partial charge in [0.25, 0.3) is 0 Å². The van der Waals surface area contributed by atoms with Crippen LogP contribution < -0.4 is 4.72 Å². The first kappa shape index (κ1) is 14.9. The SMILES string of the molecule is CC1(C(=O)O)COCC1NS(=O)(=O)c1cccc(F)c1. The average Bonchev–Trinajstić information content (AvgIpc) is 2.72. The quantitative estimate of drug-likeness (QED) is 0.849. The third-order valence-corrected chi connectivity index (χ3v) is 4.82. The molecule has 2 atom stereocenters. The van der Waals surface area contributed by atoms with Crippen LogP contribution in [0.25, 0.3) is 0 Å². The minimum absolute atomic E-state index is 0.0443. The van der Waals surface area contributed by atoms with Crippen molar-refractivity contribution in [3.63, 3.8) is 0 Å². The molecule has 6 nitrogen and oxygen atoms in total. The second-order valence-corrected chi connectivity index (χ2v) is 6.58. The van der Waals surface area contributed by atoms with Gasteiger partial charge in [-0.25, -0.2) is 17.5 Å². The minimum atomic E-state index is -4.00. The van der Waals surface area contributed by atoms with Crippen molar-refractivity contribution in [2.24, 2.45) is 5.41 Å². The van der Waals surface area contributed by atoms with Crippen LogP contribution in [0, 0.1) is 11.2 Å². The largest absolute Gasteiger partial charge is 0.481 e. The number of carboxylic acids is 1. The van der Waals surface area contributed by atoms with Gasteiger partial charge in [0.1, 0.15) is 11.2 Å². The molecular weight excluding hydrogens is 289 g/mol. The molecule has 0 spiro atoms. The number of rotatable bonds is 4. The molecule has 20 heavy (non-hydrogen) atoms. The Kier molecular flexibility index (Phi) is 3.81. The molecule has 2 rings (SSSR count). The lowest BCUT2D eigenvalue weighted by Gasteiger charge is -2.25. The van der Waals surface area contributed by atoms with Crippen molar-refractivity contribution >= 4 is 16.0 Å². The van der Waals surface area contributed by atoms with Crippen molar-refractivity contribution in [1.29, 1.82) is 0 Å². The van der Waals surface area contributed by atoms with E-state index in [1.165, 1.54) is 19.1 Å². The van der Waals surface area contributed by atoms with Crippen LogP contribution in [0.5, 0.6) is 0 Å². The van der Waals surface area contributed by atoms with E-state index < -0.39 is 33.3 Å². The fourth-order valence-corrected chi connectivity index (χ4v) is 3.30. The van der Waals surface area contributed by atoms with Crippen LogP contribution in [0.4, 0.5) is 4.39 Å². The van der Waals surface area contributed by atoms with Crippen molar-refractivity contribution in [2.45, 2.75) is 17.9 Å². The molecule has 0 aliphatic carbocycles. The number of ether oxygens (including phenoxy) is 1. The monoisotopic (exact) mass is 303 g/mol. The van der Waals surface area contributed by atoms with E-state index in [9.17, 15) is 22.7 Å². The zero-order chi connectivity index (χ0) is 15.0. The molecule has 1 aliphatic heterocycles. The summed E-state index contributed by atoms with van der Waals surface area (Å²) in [6, 6.07) is 3.59. The number of aliphatic carboxylic acids is 1. The Hall–Kier alpha value is -1.51. The summed E-state index contributed by atoms with van der Waals surface area (Å²) in [5, 5.41) is 9.18. The number of sulfonamides is 1. The number of carbonyl (C=O) groups is 1. The van der Waals surface area contributed by atoms with Gasteiger partial charge in [-0.05, 0) is 25.1 Å². The number of halogens is 1. The zero-order valence-electron chi connectivity index (χ0n) is 10.7. The van der Waals surface area contributed by atoms with Gasteiger partial charge in [0, 0.05) is 0 Å². The Morgan fingerprint density at radius 3 is 2.85 bits per heavy atom. The summed E-state index contributed by atoms with van der Waals surface area (Å²) in [5.41, 5.74) is -1.35. The predicted octanol–water partition coefficient (Wildman–Crippen LogP) is 0.594. The third-order valence-electron chi connectivity index (χ3n) is 3.35. The van der Waals surface area contributed by atoms with Gasteiger partial charge < -0.3 is 9.84 Å². The second-order valence-electron chi connectivity index (χ2n) is 4.87. The summed E-state index contributed by atoms with van der Waals surface area (Å²) in [7, 11) is -4.00. The molecule has 0 aromatic heterocycles. The Labute approximate surface area is 115 Å². The summed E-state index contributed by atoms with van der Waals surface area (Å²) >= 11 is 0. The molecule has 1 aromatic rings. The molecule has 0 bridgehead atoms. The van der Waals surface area contributed by atoms with Crippen molar-refractivity contribution in [2.75, 3.05) is 13.2 Å². The molecular formula is C12H14FNO5S. The standard InChI is InChI=1S/C12H14FNO5S/c1-12(11(15)16)7-19-6-10(12)14-20(17,18)9-4-2-3-8(13)5-9/h2-5,10,14H,6-7H2,1H3,(H,15,16). The lowest BCUT2D eigenvalue weighted by molar-refractivity contribution is -0.148. The van der Waals surface area contributed by atoms with E-state index >= 15 is 0 Å². The summed E-state index contributed by atoms with van der Waals surface area (Å²) in [5.74, 6) is -1.83. The Balaban J connectivity index is 2.27. The van der Waals surface area contributed by atoms with E-state index in [1.54, 1.807) is 0 Å². The first-order valence-corrected chi connectivity index (χ1v) is 7.33. The van der Waals surface area contributed by atoms with Crippen LogP contribution in [0.2, 0.25) is 0 Å². The van der Waals surface area contributed by atoms with Crippen LogP contribution in [0.3, 0.4) is 0 Å². The molecule has 2 N–H and O–H groups in total. The highest BCUT2D eigenvalue weighted by Crippen LogP contribution is 2.30. The first-order chi connectivity index (χ1) is 9.25. The maximum Gasteiger partial charge on any atom is 0.313 e. The van der Waals surface area contributed by atoms with Gasteiger partial charge in [-0.2, -0.15) is 0 Å². The molecule has 0 saturated carbocycles. The third kappa shape index (κ3) is 2.67. The molecule has 0 radical (unpaired) electrons. The van der Waals surface area contributed by atoms with Gasteiger partial charge in [0.2, 0.25) is 10.0 Å². The highest BCUT2D eigenvalue weighted by Gasteiger charge is 2.48. The summed E-state index contributed by atoms with van der Waals surface area (Å²) in [4.78, 5) is 11.0. The number of benzene rings is 1. The Bertz CT molecular complexity index is 632. The van der Waals surface area contributed by atoms with Crippen LogP contribution in [-0.2, 0) is 19.6 Å². The fraction of sp³-hybridized carbons (Fsp3) is 0.417. The second kappa shape index (κ2) is 5.12. The maximum absolute atomic E-state index is 13.1. The summed E-state index contributed by atoms with van der Waals surface area (Å²) < 4.78 is 44.7. The molecule has 0 amide bonds. The highest BCUT2D eigenvalue weighted by atomic mass is 32.2. The molecule has 110 valence electrons. The van der Waals surface area contributed by atoms with E-state index in [4.69, 9.17) is 4.74 Å². The van der Waals surface area contributed by atoms with Gasteiger partial charge in [-0.15, -0.1) is 0 Å². The van der Waals surface area contributed by atoms with E-state index in [0.29, 0.717) is 0 Å². The first-order valence-electron chi connectivity index (χ1n) is 5.85. The van der Waals surface area contributed by atoms with Gasteiger partial charge in [0.05, 0.1) is 24.2 Å². The predicted molar refractivity (Wildman–Crippen MR) is 67.1 cm³/mol. The Morgan fingerprint density at radius 2 is 2.25 bits per heavy atom. The fourth-order valence-electron chi connectivity index (χ4n) is 1.94. The van der Waals surface area contributed by atoms with Crippen LogP contribution >= 0.6 is 0 Å². The molecule has 2 unspecified atom stereocenters. The molecule has 1 heterocycles. The number of hydrogen-bond donors (Lipinski definition) is 2. The highest BCUT2D eigenvalue weighted by molar-refractivity contribution is 7.89. The van der Waals surface area contributed by atoms with Crippen LogP contribution in [-0.4, -0.2) is 38.7 Å². The molecule has 1 fully saturated rings. The lowest BCUT2D eigenvalue weighted by Crippen LogP contribution is -2.49. The van der Waals surface area contributed by atoms with Crippen LogP contribution in [0.15, 0.2) is 29.2 Å². The van der Waals surface area contributed by atoms with Crippen molar-refractivity contribution in [1.82, 2.24) is 4.72 Å². The maximum atomic E-state index is 13.1. The van der Waals surface area contributed by atoms with Gasteiger partial charge in [0.15, 0.2) is 0 Å². The van der Waals surface area contributed by atoms with E-state index in [1.807, 2.05) is 0 Å². The average molecular weight is 303 g/mol. The number of carboxylic acid groups (broad SMARTS) is 1. The molecule has 8 heteroatoms. The van der Waals surface area contributed by atoms with Gasteiger partial charge in [-0.3, -0.25) is 4.79 Å². The van der Waals surface area contributed by atoms with Crippen molar-refractivity contribution < 1.29 is 27.4 Å². The summed E-state index contributed by atoms with van der Waals surface area (Å²) in [6.45, 7) is 1.27. The number of nitrogens with one attached hydrogen (secondary N) is 1. The molecule has 1 aliphatic rings. The summed E-state index contributed by atoms with van der Waals surface area (Å²) in [6.07, 6.45) is 0. The molecule has 1 aromatic carbocycles. The van der Waals surface area contributed by atoms with E-state index in [0.717, 1.165) is 12.1 Å². The minimum Gasteiger partial charge on any atom is -0.481 e. The lowest BCUT2D eigenvalue weighted by atomic mass is 9.86.